The molecule has 1 aromatic carbocycles. The molecule has 1 atom stereocenters. The zero-order valence-electron chi connectivity index (χ0n) is 7.72. The van der Waals surface area contributed by atoms with E-state index in [0.717, 1.165) is 5.56 Å². The smallest absolute Gasteiger partial charge is 0.260 e. The summed E-state index contributed by atoms with van der Waals surface area (Å²) < 4.78 is 25.1. The third kappa shape index (κ3) is 1.86. The van der Waals surface area contributed by atoms with Crippen LogP contribution >= 0.6 is 0 Å². The summed E-state index contributed by atoms with van der Waals surface area (Å²) in [5.74, 6) is 0. The second kappa shape index (κ2) is 3.42. The molecule has 0 aromatic heterocycles. The van der Waals surface area contributed by atoms with Crippen molar-refractivity contribution in [2.45, 2.75) is 25.8 Å². The molecule has 3 heteroatoms. The lowest BCUT2D eigenvalue weighted by Crippen LogP contribution is -2.41. The first-order valence-electron chi connectivity index (χ1n) is 4.09. The van der Waals surface area contributed by atoms with Gasteiger partial charge in [-0.2, -0.15) is 0 Å². The van der Waals surface area contributed by atoms with Gasteiger partial charge in [-0.05, 0) is 25.0 Å². The molecule has 1 nitrogen and oxygen atoms in total. The molecule has 0 aliphatic heterocycles. The SMILES string of the molecule is Cc1ccccc1C(C)(N)C(F)F. The topological polar surface area (TPSA) is 26.0 Å². The van der Waals surface area contributed by atoms with Crippen LogP contribution in [0.5, 0.6) is 0 Å². The molecule has 0 radical (unpaired) electrons. The fraction of sp³-hybridized carbons (Fsp3) is 0.400. The monoisotopic (exact) mass is 185 g/mol. The average molecular weight is 185 g/mol. The minimum absolute atomic E-state index is 0.505. The van der Waals surface area contributed by atoms with Gasteiger partial charge in [0.1, 0.15) is 0 Å². The molecule has 0 heterocycles. The van der Waals surface area contributed by atoms with Crippen molar-refractivity contribution < 1.29 is 8.78 Å². The summed E-state index contributed by atoms with van der Waals surface area (Å²) in [4.78, 5) is 0. The molecule has 1 unspecified atom stereocenters. The van der Waals surface area contributed by atoms with Crippen LogP contribution in [0.2, 0.25) is 0 Å². The Hall–Kier alpha value is -0.960. The molecule has 72 valence electrons. The minimum atomic E-state index is -2.55. The van der Waals surface area contributed by atoms with E-state index in [4.69, 9.17) is 5.73 Å². The summed E-state index contributed by atoms with van der Waals surface area (Å²) in [5.41, 5.74) is 5.28. The maximum atomic E-state index is 12.6. The summed E-state index contributed by atoms with van der Waals surface area (Å²) in [6.45, 7) is 3.13. The number of hydrogen-bond acceptors (Lipinski definition) is 1. The zero-order valence-corrected chi connectivity index (χ0v) is 7.72. The molecule has 0 aliphatic rings. The predicted octanol–water partition coefficient (Wildman–Crippen LogP) is 2.43. The Kier molecular flexibility index (Phi) is 2.66. The number of halogens is 2. The summed E-state index contributed by atoms with van der Waals surface area (Å²) in [7, 11) is 0. The van der Waals surface area contributed by atoms with Crippen LogP contribution in [0, 0.1) is 6.92 Å². The van der Waals surface area contributed by atoms with Crippen LogP contribution in [0.4, 0.5) is 8.78 Å². The molecule has 0 spiro atoms. The molecular formula is C10H13F2N. The van der Waals surface area contributed by atoms with Crippen molar-refractivity contribution >= 4 is 0 Å². The highest BCUT2D eigenvalue weighted by atomic mass is 19.3. The summed E-state index contributed by atoms with van der Waals surface area (Å²) in [6, 6.07) is 6.94. The van der Waals surface area contributed by atoms with Gasteiger partial charge in [-0.1, -0.05) is 24.3 Å². The van der Waals surface area contributed by atoms with Gasteiger partial charge < -0.3 is 5.73 Å². The van der Waals surface area contributed by atoms with Crippen LogP contribution in [-0.4, -0.2) is 6.43 Å². The third-order valence-corrected chi connectivity index (χ3v) is 2.18. The van der Waals surface area contributed by atoms with E-state index in [0.29, 0.717) is 5.56 Å². The Labute approximate surface area is 76.6 Å². The Morgan fingerprint density at radius 3 is 2.31 bits per heavy atom. The van der Waals surface area contributed by atoms with Crippen molar-refractivity contribution in [1.29, 1.82) is 0 Å². The largest absolute Gasteiger partial charge is 0.317 e. The molecule has 0 bridgehead atoms. The first-order valence-corrected chi connectivity index (χ1v) is 4.09. The molecular weight excluding hydrogens is 172 g/mol. The standard InChI is InChI=1S/C10H13F2N/c1-7-5-3-4-6-8(7)10(2,13)9(11)12/h3-6,9H,13H2,1-2H3. The second-order valence-electron chi connectivity index (χ2n) is 3.40. The van der Waals surface area contributed by atoms with Crippen molar-refractivity contribution in [3.63, 3.8) is 0 Å². The molecule has 13 heavy (non-hydrogen) atoms. The molecule has 2 N–H and O–H groups in total. The predicted molar refractivity (Wildman–Crippen MR) is 48.7 cm³/mol. The third-order valence-electron chi connectivity index (χ3n) is 2.18. The van der Waals surface area contributed by atoms with E-state index in [1.807, 2.05) is 0 Å². The van der Waals surface area contributed by atoms with Crippen LogP contribution in [0.1, 0.15) is 18.1 Å². The van der Waals surface area contributed by atoms with Crippen LogP contribution in [0.3, 0.4) is 0 Å². The Morgan fingerprint density at radius 1 is 1.31 bits per heavy atom. The van der Waals surface area contributed by atoms with Crippen molar-refractivity contribution in [1.82, 2.24) is 0 Å². The van der Waals surface area contributed by atoms with Gasteiger partial charge in [-0.25, -0.2) is 8.78 Å². The minimum Gasteiger partial charge on any atom is -0.317 e. The fourth-order valence-electron chi connectivity index (χ4n) is 1.29. The number of aryl methyl sites for hydroxylation is 1. The lowest BCUT2D eigenvalue weighted by molar-refractivity contribution is 0.0622. The maximum Gasteiger partial charge on any atom is 0.260 e. The van der Waals surface area contributed by atoms with Gasteiger partial charge in [-0.15, -0.1) is 0 Å². The Morgan fingerprint density at radius 2 is 1.85 bits per heavy atom. The van der Waals surface area contributed by atoms with Crippen LogP contribution in [0.25, 0.3) is 0 Å². The highest BCUT2D eigenvalue weighted by molar-refractivity contribution is 5.32. The van der Waals surface area contributed by atoms with Gasteiger partial charge in [0.2, 0.25) is 0 Å². The molecule has 0 saturated carbocycles. The number of benzene rings is 1. The van der Waals surface area contributed by atoms with Gasteiger partial charge >= 0.3 is 0 Å². The second-order valence-corrected chi connectivity index (χ2v) is 3.40. The van der Waals surface area contributed by atoms with E-state index >= 15 is 0 Å². The summed E-state index contributed by atoms with van der Waals surface area (Å²) in [5, 5.41) is 0. The number of nitrogens with two attached hydrogens (primary N) is 1. The van der Waals surface area contributed by atoms with Crippen LogP contribution in [0.15, 0.2) is 24.3 Å². The average Bonchev–Trinajstić information content (AvgIpc) is 2.04. The van der Waals surface area contributed by atoms with Gasteiger partial charge in [-0.3, -0.25) is 0 Å². The van der Waals surface area contributed by atoms with Gasteiger partial charge in [0.25, 0.3) is 6.43 Å². The maximum absolute atomic E-state index is 12.6. The van der Waals surface area contributed by atoms with Crippen LogP contribution in [-0.2, 0) is 5.54 Å². The number of rotatable bonds is 2. The van der Waals surface area contributed by atoms with Crippen molar-refractivity contribution in [2.24, 2.45) is 5.73 Å². The Bertz CT molecular complexity index is 295. The number of alkyl halides is 2. The van der Waals surface area contributed by atoms with Crippen molar-refractivity contribution in [2.75, 3.05) is 0 Å². The van der Waals surface area contributed by atoms with Gasteiger partial charge in [0.05, 0.1) is 5.54 Å². The molecule has 0 fully saturated rings. The first kappa shape index (κ1) is 10.1. The lowest BCUT2D eigenvalue weighted by atomic mass is 9.90. The fourth-order valence-corrected chi connectivity index (χ4v) is 1.29. The highest BCUT2D eigenvalue weighted by Gasteiger charge is 2.33. The summed E-state index contributed by atoms with van der Waals surface area (Å²) >= 11 is 0. The normalized spacial score (nSPS) is 15.8. The van der Waals surface area contributed by atoms with E-state index in [1.54, 1.807) is 31.2 Å². The molecule has 1 rings (SSSR count). The van der Waals surface area contributed by atoms with Gasteiger partial charge in [0.15, 0.2) is 0 Å². The van der Waals surface area contributed by atoms with E-state index in [9.17, 15) is 8.78 Å². The quantitative estimate of drug-likeness (QED) is 0.752. The first-order chi connectivity index (χ1) is 5.96. The molecule has 0 amide bonds. The van der Waals surface area contributed by atoms with E-state index < -0.39 is 12.0 Å². The highest BCUT2D eigenvalue weighted by Crippen LogP contribution is 2.27. The zero-order chi connectivity index (χ0) is 10.1. The van der Waals surface area contributed by atoms with Crippen molar-refractivity contribution in [3.8, 4) is 0 Å². The number of hydrogen-bond donors (Lipinski definition) is 1. The molecule has 0 aliphatic carbocycles. The van der Waals surface area contributed by atoms with E-state index in [1.165, 1.54) is 6.92 Å². The Balaban J connectivity index is 3.14. The van der Waals surface area contributed by atoms with E-state index in [2.05, 4.69) is 0 Å². The molecule has 0 saturated heterocycles. The summed E-state index contributed by atoms with van der Waals surface area (Å²) in [6.07, 6.45) is -2.55. The van der Waals surface area contributed by atoms with E-state index in [-0.39, 0.29) is 0 Å². The lowest BCUT2D eigenvalue weighted by Gasteiger charge is -2.25. The van der Waals surface area contributed by atoms with Gasteiger partial charge in [0, 0.05) is 0 Å². The molecule has 1 aromatic rings. The van der Waals surface area contributed by atoms with Crippen molar-refractivity contribution in [3.05, 3.63) is 35.4 Å². The van der Waals surface area contributed by atoms with Crippen LogP contribution < -0.4 is 5.73 Å².